The Hall–Kier alpha value is -2.31. The summed E-state index contributed by atoms with van der Waals surface area (Å²) in [6.45, 7) is -1.42. The largest absolute Gasteiger partial charge is 0.437 e. The van der Waals surface area contributed by atoms with Gasteiger partial charge in [-0.3, -0.25) is 9.59 Å². The van der Waals surface area contributed by atoms with Crippen molar-refractivity contribution in [2.45, 2.75) is 53.9 Å². The van der Waals surface area contributed by atoms with E-state index in [1.54, 1.807) is 0 Å². The third kappa shape index (κ3) is 5.14. The molecule has 2 heterocycles. The summed E-state index contributed by atoms with van der Waals surface area (Å²) in [5.41, 5.74) is 0. The molecule has 1 aromatic carbocycles. The summed E-state index contributed by atoms with van der Waals surface area (Å²) in [7, 11) is -20.8. The van der Waals surface area contributed by atoms with Crippen LogP contribution in [0.25, 0.3) is 0 Å². The highest BCUT2D eigenvalue weighted by Gasteiger charge is 2.70. The average molecular weight is 608 g/mol. The Labute approximate surface area is 217 Å². The molecule has 0 saturated carbocycles. The van der Waals surface area contributed by atoms with Gasteiger partial charge in [-0.25, -0.2) is 25.3 Å². The first-order chi connectivity index (χ1) is 17.5. The highest BCUT2D eigenvalue weighted by Crippen LogP contribution is 2.40. The molecule has 2 saturated heterocycles. The Balaban J connectivity index is 2.21. The van der Waals surface area contributed by atoms with Gasteiger partial charge < -0.3 is 9.80 Å². The number of hydrogen-bond donors (Lipinski definition) is 0. The molecule has 0 N–H and O–H groups in total. The predicted octanol–water partition coefficient (Wildman–Crippen LogP) is 1.55. The highest BCUT2D eigenvalue weighted by atomic mass is 32.3. The second-order valence-electron chi connectivity index (χ2n) is 8.70. The lowest BCUT2D eigenvalue weighted by molar-refractivity contribution is -0.148. The SMILES string of the molecule is O=C(N1CCCCC1)C(F)(F)S(=O)(=O)N(S(=O)(=O)c1ccccc1)S(=O)(=O)C(F)(F)C(=O)N1CCCCC1. The van der Waals surface area contributed by atoms with Crippen molar-refractivity contribution in [3.63, 3.8) is 0 Å². The minimum Gasteiger partial charge on any atom is -0.336 e. The van der Waals surface area contributed by atoms with Crippen LogP contribution in [0, 0.1) is 0 Å². The number of sulfonamides is 3. The zero-order valence-electron chi connectivity index (χ0n) is 19.8. The maximum atomic E-state index is 15.3. The molecule has 2 aliphatic rings. The minimum absolute atomic E-state index is 0.189. The normalized spacial score (nSPS) is 18.4. The van der Waals surface area contributed by atoms with Gasteiger partial charge in [0, 0.05) is 29.3 Å². The number of rotatable bonds is 8. The molecule has 214 valence electrons. The molecule has 2 aliphatic heterocycles. The van der Waals surface area contributed by atoms with Gasteiger partial charge >= 0.3 is 42.4 Å². The van der Waals surface area contributed by atoms with Crippen molar-refractivity contribution < 1.29 is 52.4 Å². The number of piperidine rings is 2. The van der Waals surface area contributed by atoms with E-state index in [0.717, 1.165) is 12.1 Å². The third-order valence-electron chi connectivity index (χ3n) is 6.06. The van der Waals surface area contributed by atoms with E-state index in [2.05, 4.69) is 0 Å². The summed E-state index contributed by atoms with van der Waals surface area (Å²) in [4.78, 5) is 24.5. The molecule has 2 amide bonds. The van der Waals surface area contributed by atoms with Crippen LogP contribution in [0.5, 0.6) is 0 Å². The van der Waals surface area contributed by atoms with Gasteiger partial charge in [0.1, 0.15) is 0 Å². The van der Waals surface area contributed by atoms with Crippen LogP contribution >= 0.6 is 0 Å². The van der Waals surface area contributed by atoms with Crippen LogP contribution in [-0.4, -0.2) is 86.7 Å². The first-order valence-electron chi connectivity index (χ1n) is 11.4. The standard InChI is InChI=1S/C20H25F4N3O8S3/c21-19(22,17(28)25-12-6-2-7-13-25)37(32,33)27(36(30,31)16-10-4-1-5-11-16)38(34,35)20(23,24)18(29)26-14-8-3-9-15-26/h1,4-5,10-11H,2-3,6-9,12-15H2. The number of amides is 2. The molecule has 0 bridgehead atoms. The van der Waals surface area contributed by atoms with E-state index in [0.29, 0.717) is 34.8 Å². The van der Waals surface area contributed by atoms with Gasteiger partial charge in [-0.1, -0.05) is 18.2 Å². The van der Waals surface area contributed by atoms with E-state index in [9.17, 15) is 34.8 Å². The fourth-order valence-electron chi connectivity index (χ4n) is 4.04. The van der Waals surface area contributed by atoms with Crippen molar-refractivity contribution in [1.82, 2.24) is 12.9 Å². The van der Waals surface area contributed by atoms with E-state index in [-0.39, 0.29) is 51.9 Å². The van der Waals surface area contributed by atoms with Crippen LogP contribution in [0.15, 0.2) is 35.2 Å². The summed E-state index contributed by atoms with van der Waals surface area (Å²) >= 11 is 0. The van der Waals surface area contributed by atoms with Gasteiger partial charge in [-0.2, -0.15) is 17.6 Å². The monoisotopic (exact) mass is 607 g/mol. The fraction of sp³-hybridized carbons (Fsp3) is 0.600. The summed E-state index contributed by atoms with van der Waals surface area (Å²) in [6, 6.07) is 4.22. The summed E-state index contributed by atoms with van der Waals surface area (Å²) in [5.74, 6) is -4.96. The first kappa shape index (κ1) is 30.2. The van der Waals surface area contributed by atoms with Crippen LogP contribution < -0.4 is 0 Å². The summed E-state index contributed by atoms with van der Waals surface area (Å²) in [6.07, 6.45) is 1.78. The van der Waals surface area contributed by atoms with Crippen LogP contribution in [0.2, 0.25) is 0 Å². The van der Waals surface area contributed by atoms with Gasteiger partial charge in [-0.15, -0.1) is 0 Å². The quantitative estimate of drug-likeness (QED) is 0.405. The maximum Gasteiger partial charge on any atom is 0.437 e. The second kappa shape index (κ2) is 10.7. The van der Waals surface area contributed by atoms with Crippen LogP contribution in [0.1, 0.15) is 38.5 Å². The molecule has 0 spiro atoms. The molecule has 0 unspecified atom stereocenters. The van der Waals surface area contributed by atoms with Crippen molar-refractivity contribution in [3.8, 4) is 0 Å². The predicted molar refractivity (Wildman–Crippen MR) is 124 cm³/mol. The molecule has 0 radical (unpaired) electrons. The van der Waals surface area contributed by atoms with Crippen molar-refractivity contribution in [3.05, 3.63) is 30.3 Å². The van der Waals surface area contributed by atoms with Gasteiger partial charge in [0.2, 0.25) is 0 Å². The molecule has 0 atom stereocenters. The van der Waals surface area contributed by atoms with E-state index in [4.69, 9.17) is 0 Å². The van der Waals surface area contributed by atoms with Crippen LogP contribution in [0.4, 0.5) is 17.6 Å². The smallest absolute Gasteiger partial charge is 0.336 e. The van der Waals surface area contributed by atoms with E-state index in [1.807, 2.05) is 0 Å². The lowest BCUT2D eigenvalue weighted by Gasteiger charge is -2.34. The highest BCUT2D eigenvalue weighted by molar-refractivity contribution is 8.18. The lowest BCUT2D eigenvalue weighted by atomic mass is 10.1. The maximum absolute atomic E-state index is 15.3. The van der Waals surface area contributed by atoms with Crippen LogP contribution in [0.3, 0.4) is 0 Å². The van der Waals surface area contributed by atoms with Crippen molar-refractivity contribution in [2.24, 2.45) is 0 Å². The molecule has 11 nitrogen and oxygen atoms in total. The van der Waals surface area contributed by atoms with Crippen molar-refractivity contribution in [2.75, 3.05) is 26.2 Å². The molecule has 3 rings (SSSR count). The Morgan fingerprint density at radius 3 is 1.32 bits per heavy atom. The van der Waals surface area contributed by atoms with Gasteiger partial charge in [-0.05, 0) is 50.7 Å². The molecule has 0 aliphatic carbocycles. The molecule has 0 aromatic heterocycles. The van der Waals surface area contributed by atoms with Crippen molar-refractivity contribution >= 4 is 41.9 Å². The molecule has 18 heteroatoms. The Morgan fingerprint density at radius 2 is 0.974 bits per heavy atom. The lowest BCUT2D eigenvalue weighted by Crippen LogP contribution is -2.61. The second-order valence-corrected chi connectivity index (χ2v) is 14.8. The number of halogens is 4. The van der Waals surface area contributed by atoms with Gasteiger partial charge in [0.05, 0.1) is 4.90 Å². The minimum atomic E-state index is -7.28. The number of alkyl halides is 4. The van der Waals surface area contributed by atoms with E-state index < -0.39 is 60.4 Å². The zero-order valence-corrected chi connectivity index (χ0v) is 22.3. The average Bonchev–Trinajstić information content (AvgIpc) is 2.88. The third-order valence-corrected chi connectivity index (χ3v) is 13.3. The zero-order chi connectivity index (χ0) is 28.6. The number of hydrogen-bond acceptors (Lipinski definition) is 8. The fourth-order valence-corrected chi connectivity index (χ4v) is 10.5. The first-order valence-corrected chi connectivity index (χ1v) is 15.8. The van der Waals surface area contributed by atoms with Gasteiger partial charge in [0.25, 0.3) is 10.0 Å². The molecule has 38 heavy (non-hydrogen) atoms. The number of carbonyl (C=O) groups excluding carboxylic acids is 2. The van der Waals surface area contributed by atoms with Gasteiger partial charge in [0.15, 0.2) is 0 Å². The number of nitrogens with zero attached hydrogens (tertiary/aromatic N) is 3. The molecular weight excluding hydrogens is 582 g/mol. The molecule has 1 aromatic rings. The van der Waals surface area contributed by atoms with Crippen molar-refractivity contribution in [1.29, 1.82) is 0 Å². The summed E-state index contributed by atoms with van der Waals surface area (Å²) in [5, 5.41) is -11.6. The van der Waals surface area contributed by atoms with E-state index in [1.165, 1.54) is 6.07 Å². The Bertz CT molecular complexity index is 1300. The number of likely N-dealkylation sites (tertiary alicyclic amines) is 2. The Kier molecular flexibility index (Phi) is 8.51. The number of benzene rings is 1. The van der Waals surface area contributed by atoms with E-state index >= 15 is 17.6 Å². The summed E-state index contributed by atoms with van der Waals surface area (Å²) < 4.78 is 138. The topological polar surface area (TPSA) is 146 Å². The Morgan fingerprint density at radius 1 is 0.632 bits per heavy atom. The molecule has 2 fully saturated rings. The molecular formula is C20H25F4N3O8S3. The number of carbonyl (C=O) groups is 2. The van der Waals surface area contributed by atoms with Crippen LogP contribution in [-0.2, 0) is 39.7 Å².